The van der Waals surface area contributed by atoms with Gasteiger partial charge in [-0.3, -0.25) is 9.36 Å². The van der Waals surface area contributed by atoms with Gasteiger partial charge in [0.05, 0.1) is 27.9 Å². The zero-order valence-corrected chi connectivity index (χ0v) is 15.5. The molecule has 6 heteroatoms. The summed E-state index contributed by atoms with van der Waals surface area (Å²) in [5.41, 5.74) is 5.10. The molecule has 1 saturated heterocycles. The molecule has 0 amide bonds. The highest BCUT2D eigenvalue weighted by Crippen LogP contribution is 2.51. The van der Waals surface area contributed by atoms with E-state index in [1.54, 1.807) is 0 Å². The molecule has 3 heterocycles. The van der Waals surface area contributed by atoms with Crippen LogP contribution in [0.4, 0.5) is 0 Å². The fourth-order valence-corrected chi connectivity index (χ4v) is 4.72. The highest BCUT2D eigenvalue weighted by Gasteiger charge is 2.49. The van der Waals surface area contributed by atoms with Crippen molar-refractivity contribution in [2.45, 2.75) is 25.8 Å². The van der Waals surface area contributed by atoms with Crippen LogP contribution in [-0.4, -0.2) is 32.7 Å². The highest BCUT2D eigenvalue weighted by atomic mass is 79.9. The summed E-state index contributed by atoms with van der Waals surface area (Å²) < 4.78 is 5.24. The minimum Gasteiger partial charge on any atom is -0.316 e. The van der Waals surface area contributed by atoms with Crippen LogP contribution in [0.2, 0.25) is 0 Å². The maximum Gasteiger partial charge on any atom is 0.107 e. The number of nitrogens with one attached hydrogen (secondary N) is 1. The molecule has 0 atom stereocenters. The predicted molar refractivity (Wildman–Crippen MR) is 97.9 cm³/mol. The number of nitrogens with zero attached hydrogens (tertiary/aromatic N) is 4. The lowest BCUT2D eigenvalue weighted by Gasteiger charge is -2.54. The van der Waals surface area contributed by atoms with Crippen LogP contribution < -0.4 is 5.32 Å². The van der Waals surface area contributed by atoms with E-state index < -0.39 is 0 Å². The summed E-state index contributed by atoms with van der Waals surface area (Å²) in [5.74, 6) is 0. The first-order chi connectivity index (χ1) is 11.6. The lowest BCUT2D eigenvalue weighted by molar-refractivity contribution is 0.00158. The van der Waals surface area contributed by atoms with E-state index in [4.69, 9.17) is 5.10 Å². The molecule has 2 fully saturated rings. The molecule has 24 heavy (non-hydrogen) atoms. The second-order valence-corrected chi connectivity index (χ2v) is 8.19. The summed E-state index contributed by atoms with van der Waals surface area (Å²) in [6.45, 7) is 4.51. The van der Waals surface area contributed by atoms with Gasteiger partial charge in [0.25, 0.3) is 0 Å². The molecule has 0 bridgehead atoms. The molecule has 2 aliphatic rings. The van der Waals surface area contributed by atoms with Crippen molar-refractivity contribution in [3.05, 3.63) is 34.6 Å². The van der Waals surface area contributed by atoms with Crippen molar-refractivity contribution in [2.75, 3.05) is 13.1 Å². The molecule has 0 unspecified atom stereocenters. The predicted octanol–water partition coefficient (Wildman–Crippen LogP) is 3.43. The van der Waals surface area contributed by atoms with Crippen LogP contribution >= 0.6 is 15.9 Å². The van der Waals surface area contributed by atoms with Crippen molar-refractivity contribution >= 4 is 26.8 Å². The number of hydrogen-bond donors (Lipinski definition) is 1. The Morgan fingerprint density at radius 2 is 2.08 bits per heavy atom. The van der Waals surface area contributed by atoms with Crippen LogP contribution in [0.1, 0.15) is 24.6 Å². The van der Waals surface area contributed by atoms with Gasteiger partial charge in [-0.15, -0.1) is 0 Å². The van der Waals surface area contributed by atoms with Crippen molar-refractivity contribution < 1.29 is 0 Å². The third-order valence-corrected chi connectivity index (χ3v) is 6.73. The van der Waals surface area contributed by atoms with Crippen LogP contribution in [0.25, 0.3) is 22.2 Å². The maximum absolute atomic E-state index is 4.96. The van der Waals surface area contributed by atoms with E-state index in [2.05, 4.69) is 56.2 Å². The molecule has 5 nitrogen and oxygen atoms in total. The molecule has 3 aromatic rings. The third-order valence-electron chi connectivity index (χ3n) is 5.78. The zero-order chi connectivity index (χ0) is 16.5. The van der Waals surface area contributed by atoms with Crippen molar-refractivity contribution in [3.8, 4) is 11.3 Å². The molecule has 2 aromatic heterocycles. The first kappa shape index (κ1) is 14.7. The second-order valence-electron chi connectivity index (χ2n) is 7.40. The van der Waals surface area contributed by atoms with Crippen LogP contribution in [0.5, 0.6) is 0 Å². The number of rotatable bonds is 2. The van der Waals surface area contributed by atoms with Crippen molar-refractivity contribution in [1.29, 1.82) is 0 Å². The molecule has 1 N–H and O–H groups in total. The number of hydrogen-bond acceptors (Lipinski definition) is 3. The van der Waals surface area contributed by atoms with Gasteiger partial charge >= 0.3 is 0 Å². The van der Waals surface area contributed by atoms with Crippen LogP contribution in [0.3, 0.4) is 0 Å². The van der Waals surface area contributed by atoms with Gasteiger partial charge < -0.3 is 5.32 Å². The van der Waals surface area contributed by atoms with Gasteiger partial charge in [-0.1, -0.05) is 6.07 Å². The van der Waals surface area contributed by atoms with E-state index in [1.165, 1.54) is 31.6 Å². The third kappa shape index (κ3) is 1.96. The molecule has 124 valence electrons. The highest BCUT2D eigenvalue weighted by molar-refractivity contribution is 9.10. The molecule has 1 spiro atoms. The van der Waals surface area contributed by atoms with Gasteiger partial charge in [0.1, 0.15) is 5.69 Å². The average Bonchev–Trinajstić information content (AvgIpc) is 2.99. The van der Waals surface area contributed by atoms with Crippen LogP contribution in [0.15, 0.2) is 28.9 Å². The van der Waals surface area contributed by atoms with Crippen LogP contribution in [-0.2, 0) is 7.05 Å². The topological polar surface area (TPSA) is 47.7 Å². The number of fused-ring (bicyclic) bond motifs is 1. The van der Waals surface area contributed by atoms with E-state index in [1.807, 2.05) is 17.9 Å². The smallest absolute Gasteiger partial charge is 0.107 e. The van der Waals surface area contributed by atoms with Gasteiger partial charge in [-0.05, 0) is 53.2 Å². The lowest BCUT2D eigenvalue weighted by atomic mass is 9.62. The Morgan fingerprint density at radius 3 is 2.79 bits per heavy atom. The van der Waals surface area contributed by atoms with Crippen molar-refractivity contribution in [2.24, 2.45) is 12.5 Å². The average molecular weight is 386 g/mol. The molecule has 1 aliphatic carbocycles. The number of benzene rings is 1. The number of halogens is 1. The van der Waals surface area contributed by atoms with Gasteiger partial charge in [0.15, 0.2) is 0 Å². The molecule has 1 saturated carbocycles. The van der Waals surface area contributed by atoms with E-state index in [-0.39, 0.29) is 0 Å². The largest absolute Gasteiger partial charge is 0.316 e. The summed E-state index contributed by atoms with van der Waals surface area (Å²) in [6.07, 6.45) is 4.40. The molecule has 1 aliphatic heterocycles. The van der Waals surface area contributed by atoms with Crippen molar-refractivity contribution in [3.63, 3.8) is 0 Å². The maximum atomic E-state index is 4.96. The lowest BCUT2D eigenvalue weighted by Crippen LogP contribution is -2.60. The molecule has 1 aromatic carbocycles. The molecule has 0 radical (unpaired) electrons. The SMILES string of the molecule is Cc1c(Br)c(-c2ccc3c(cnn3C)c2)nn1C1CC2(CNC2)C1. The summed E-state index contributed by atoms with van der Waals surface area (Å²) >= 11 is 3.77. The summed E-state index contributed by atoms with van der Waals surface area (Å²) in [5, 5.41) is 13.8. The number of aryl methyl sites for hydroxylation is 1. The first-order valence-corrected chi connectivity index (χ1v) is 9.23. The Labute approximate surface area is 149 Å². The van der Waals surface area contributed by atoms with E-state index >= 15 is 0 Å². The van der Waals surface area contributed by atoms with Crippen LogP contribution in [0, 0.1) is 12.3 Å². The van der Waals surface area contributed by atoms with Gasteiger partial charge in [-0.2, -0.15) is 10.2 Å². The molecular weight excluding hydrogens is 366 g/mol. The summed E-state index contributed by atoms with van der Waals surface area (Å²) in [4.78, 5) is 0. The minimum atomic E-state index is 0.541. The standard InChI is InChI=1S/C18H20BrN5/c1-11-16(19)17(12-3-4-15-13(5-12)8-21-23(15)2)22-24(11)14-6-18(7-14)9-20-10-18/h3-5,8,14,20H,6-7,9-10H2,1-2H3. The monoisotopic (exact) mass is 385 g/mol. The van der Waals surface area contributed by atoms with Crippen molar-refractivity contribution in [1.82, 2.24) is 24.9 Å². The summed E-state index contributed by atoms with van der Waals surface area (Å²) in [6, 6.07) is 6.98. The number of aromatic nitrogens is 4. The Kier molecular flexibility index (Phi) is 3.01. The Hall–Kier alpha value is -1.66. The van der Waals surface area contributed by atoms with Gasteiger partial charge in [0.2, 0.25) is 0 Å². The van der Waals surface area contributed by atoms with E-state index in [0.29, 0.717) is 11.5 Å². The fourth-order valence-electron chi connectivity index (χ4n) is 4.23. The fraction of sp³-hybridized carbons (Fsp3) is 0.444. The quantitative estimate of drug-likeness (QED) is 0.734. The first-order valence-electron chi connectivity index (χ1n) is 8.44. The second kappa shape index (κ2) is 4.92. The summed E-state index contributed by atoms with van der Waals surface area (Å²) in [7, 11) is 1.97. The Balaban J connectivity index is 1.52. The molecular formula is C18H20BrN5. The van der Waals surface area contributed by atoms with Gasteiger partial charge in [-0.25, -0.2) is 0 Å². The van der Waals surface area contributed by atoms with E-state index in [0.717, 1.165) is 26.6 Å². The Morgan fingerprint density at radius 1 is 1.29 bits per heavy atom. The normalized spacial score (nSPS) is 19.6. The minimum absolute atomic E-state index is 0.541. The zero-order valence-electron chi connectivity index (χ0n) is 13.9. The van der Waals surface area contributed by atoms with Gasteiger partial charge in [0, 0.05) is 31.1 Å². The molecule has 5 rings (SSSR count). The van der Waals surface area contributed by atoms with E-state index in [9.17, 15) is 0 Å². The Bertz CT molecular complexity index is 942.